The molecule has 1 unspecified atom stereocenters. The molecule has 0 saturated carbocycles. The first-order valence-electron chi connectivity index (χ1n) is 10.1. The van der Waals surface area contributed by atoms with Crippen LogP contribution in [0, 0.1) is 0 Å². The number of hydrogen-bond acceptors (Lipinski definition) is 4. The Labute approximate surface area is 169 Å². The molecular formula is C21H41NO3Si2. The van der Waals surface area contributed by atoms with Crippen molar-refractivity contribution in [1.29, 1.82) is 0 Å². The summed E-state index contributed by atoms with van der Waals surface area (Å²) < 4.78 is 20.4. The average Bonchev–Trinajstić information content (AvgIpc) is 2.53. The fraction of sp³-hybridized carbons (Fsp3) is 0.714. The van der Waals surface area contributed by atoms with Crippen molar-refractivity contribution in [1.82, 2.24) is 4.57 Å². The number of hydrogen-bond donors (Lipinski definition) is 0. The van der Waals surface area contributed by atoms with Crippen LogP contribution in [-0.4, -0.2) is 60.1 Å². The van der Waals surface area contributed by atoms with E-state index in [9.17, 15) is 0 Å². The summed E-state index contributed by atoms with van der Waals surface area (Å²) in [6.45, 7) is 20.8. The number of rotatable bonds is 12. The minimum absolute atomic E-state index is 0.0963. The first-order chi connectivity index (χ1) is 12.4. The van der Waals surface area contributed by atoms with E-state index in [1.54, 1.807) is 7.11 Å². The van der Waals surface area contributed by atoms with E-state index in [1.807, 2.05) is 0 Å². The first kappa shape index (κ1) is 24.4. The van der Waals surface area contributed by atoms with Gasteiger partial charge in [0, 0.05) is 13.7 Å². The van der Waals surface area contributed by atoms with Gasteiger partial charge in [-0.25, -0.2) is 0 Å². The van der Waals surface area contributed by atoms with Crippen molar-refractivity contribution in [2.24, 2.45) is 0 Å². The highest BCUT2D eigenvalue weighted by Crippen LogP contribution is 2.19. The van der Waals surface area contributed by atoms with Crippen molar-refractivity contribution in [3.8, 4) is 5.75 Å². The van der Waals surface area contributed by atoms with Crippen molar-refractivity contribution < 1.29 is 13.9 Å². The fourth-order valence-corrected chi connectivity index (χ4v) is 6.71. The SMILES string of the molecule is COCCc1ccc(OCC(CN(C(C)C)[Si](C)(C)C)O[Si](C)(C)C)cc1. The summed E-state index contributed by atoms with van der Waals surface area (Å²) in [6, 6.07) is 8.85. The van der Waals surface area contributed by atoms with Crippen molar-refractivity contribution in [2.45, 2.75) is 71.7 Å². The molecule has 0 saturated heterocycles. The standard InChI is InChI=1S/C21H41NO3Si2/c1-18(2)22(26(4,5)6)16-21(25-27(7,8)9)17-24-20-12-10-19(11-13-20)14-15-23-3/h10-13,18,21H,14-17H2,1-9H3. The second-order valence-corrected chi connectivity index (χ2v) is 18.8. The Balaban J connectivity index is 2.77. The van der Waals surface area contributed by atoms with Crippen LogP contribution in [0.2, 0.25) is 39.3 Å². The van der Waals surface area contributed by atoms with Gasteiger partial charge in [0.1, 0.15) is 20.6 Å². The lowest BCUT2D eigenvalue weighted by Gasteiger charge is -2.41. The van der Waals surface area contributed by atoms with Crippen LogP contribution in [0.3, 0.4) is 0 Å². The van der Waals surface area contributed by atoms with Gasteiger partial charge in [-0.05, 0) is 49.8 Å². The van der Waals surface area contributed by atoms with Gasteiger partial charge >= 0.3 is 0 Å². The monoisotopic (exact) mass is 411 g/mol. The van der Waals surface area contributed by atoms with E-state index in [-0.39, 0.29) is 6.10 Å². The lowest BCUT2D eigenvalue weighted by molar-refractivity contribution is 0.0952. The van der Waals surface area contributed by atoms with Crippen LogP contribution in [0.4, 0.5) is 0 Å². The summed E-state index contributed by atoms with van der Waals surface area (Å²) in [5, 5.41) is 0. The summed E-state index contributed by atoms with van der Waals surface area (Å²) >= 11 is 0. The second-order valence-electron chi connectivity index (χ2n) is 9.47. The number of benzene rings is 1. The van der Waals surface area contributed by atoms with Crippen molar-refractivity contribution >= 4 is 16.6 Å². The van der Waals surface area contributed by atoms with Crippen LogP contribution in [0.25, 0.3) is 0 Å². The molecule has 4 nitrogen and oxygen atoms in total. The topological polar surface area (TPSA) is 30.9 Å². The molecule has 0 bridgehead atoms. The summed E-state index contributed by atoms with van der Waals surface area (Å²) in [7, 11) is -1.33. The molecule has 0 fully saturated rings. The molecule has 6 heteroatoms. The van der Waals surface area contributed by atoms with Gasteiger partial charge in [-0.1, -0.05) is 45.6 Å². The quantitative estimate of drug-likeness (QED) is 0.452. The van der Waals surface area contributed by atoms with E-state index < -0.39 is 16.6 Å². The van der Waals surface area contributed by atoms with Gasteiger partial charge in [0.2, 0.25) is 0 Å². The maximum Gasteiger partial charge on any atom is 0.184 e. The zero-order valence-electron chi connectivity index (χ0n) is 19.0. The highest BCUT2D eigenvalue weighted by molar-refractivity contribution is 6.73. The fourth-order valence-electron chi connectivity index (χ4n) is 3.26. The third-order valence-electron chi connectivity index (χ3n) is 4.36. The summed E-state index contributed by atoms with van der Waals surface area (Å²) in [4.78, 5) is 0. The molecule has 0 aliphatic carbocycles. The van der Waals surface area contributed by atoms with Gasteiger partial charge < -0.3 is 18.5 Å². The molecule has 1 aromatic rings. The molecular weight excluding hydrogens is 370 g/mol. The van der Waals surface area contributed by atoms with Gasteiger partial charge in [-0.2, -0.15) is 0 Å². The minimum atomic E-state index is -1.65. The lowest BCUT2D eigenvalue weighted by Crippen LogP contribution is -2.55. The molecule has 0 aliphatic rings. The molecule has 1 aromatic carbocycles. The highest BCUT2D eigenvalue weighted by Gasteiger charge is 2.31. The predicted octanol–water partition coefficient (Wildman–Crippen LogP) is 5.02. The van der Waals surface area contributed by atoms with Crippen molar-refractivity contribution in [3.63, 3.8) is 0 Å². The molecule has 156 valence electrons. The number of methoxy groups -OCH3 is 1. The van der Waals surface area contributed by atoms with E-state index >= 15 is 0 Å². The predicted molar refractivity (Wildman–Crippen MR) is 121 cm³/mol. The molecule has 27 heavy (non-hydrogen) atoms. The Kier molecular flexibility index (Phi) is 9.71. The molecule has 0 amide bonds. The van der Waals surface area contributed by atoms with Gasteiger partial charge in [-0.15, -0.1) is 0 Å². The zero-order chi connectivity index (χ0) is 20.7. The molecule has 0 N–H and O–H groups in total. The summed E-state index contributed by atoms with van der Waals surface area (Å²) in [5.41, 5.74) is 1.27. The number of ether oxygens (including phenoxy) is 2. The van der Waals surface area contributed by atoms with E-state index in [0.29, 0.717) is 12.6 Å². The molecule has 1 rings (SSSR count). The minimum Gasteiger partial charge on any atom is -0.491 e. The maximum absolute atomic E-state index is 6.49. The molecule has 0 aliphatic heterocycles. The average molecular weight is 412 g/mol. The summed E-state index contributed by atoms with van der Waals surface area (Å²) in [6.07, 6.45) is 1.02. The number of nitrogens with zero attached hydrogens (tertiary/aromatic N) is 1. The smallest absolute Gasteiger partial charge is 0.184 e. The molecule has 0 radical (unpaired) electrons. The Bertz CT molecular complexity index is 536. The molecule has 0 aromatic heterocycles. The second kappa shape index (κ2) is 10.8. The molecule has 1 atom stereocenters. The van der Waals surface area contributed by atoms with E-state index in [1.165, 1.54) is 5.56 Å². The van der Waals surface area contributed by atoms with E-state index in [2.05, 4.69) is 82.0 Å². The third-order valence-corrected chi connectivity index (χ3v) is 7.82. The van der Waals surface area contributed by atoms with Crippen LogP contribution in [0.5, 0.6) is 5.75 Å². The van der Waals surface area contributed by atoms with Crippen LogP contribution < -0.4 is 4.74 Å². The van der Waals surface area contributed by atoms with Crippen LogP contribution >= 0.6 is 0 Å². The van der Waals surface area contributed by atoms with Crippen molar-refractivity contribution in [2.75, 3.05) is 26.9 Å². The van der Waals surface area contributed by atoms with Crippen LogP contribution in [-0.2, 0) is 15.6 Å². The Hall–Kier alpha value is -0.666. The zero-order valence-corrected chi connectivity index (χ0v) is 21.0. The maximum atomic E-state index is 6.49. The third kappa shape index (κ3) is 9.90. The van der Waals surface area contributed by atoms with Gasteiger partial charge in [0.15, 0.2) is 8.32 Å². The Morgan fingerprint density at radius 2 is 1.56 bits per heavy atom. The van der Waals surface area contributed by atoms with Gasteiger partial charge in [-0.3, -0.25) is 0 Å². The molecule has 0 spiro atoms. The van der Waals surface area contributed by atoms with Gasteiger partial charge in [0.25, 0.3) is 0 Å². The first-order valence-corrected chi connectivity index (χ1v) is 16.9. The summed E-state index contributed by atoms with van der Waals surface area (Å²) in [5.74, 6) is 0.907. The Morgan fingerprint density at radius 3 is 2.00 bits per heavy atom. The normalized spacial score (nSPS) is 14.0. The Morgan fingerprint density at radius 1 is 0.963 bits per heavy atom. The van der Waals surface area contributed by atoms with Gasteiger partial charge in [0.05, 0.1) is 12.7 Å². The van der Waals surface area contributed by atoms with Crippen LogP contribution in [0.15, 0.2) is 24.3 Å². The lowest BCUT2D eigenvalue weighted by atomic mass is 10.1. The van der Waals surface area contributed by atoms with Crippen LogP contribution in [0.1, 0.15) is 19.4 Å². The largest absolute Gasteiger partial charge is 0.491 e. The van der Waals surface area contributed by atoms with E-state index in [4.69, 9.17) is 13.9 Å². The molecule has 0 heterocycles. The van der Waals surface area contributed by atoms with Crippen molar-refractivity contribution in [3.05, 3.63) is 29.8 Å². The van der Waals surface area contributed by atoms with E-state index in [0.717, 1.165) is 25.3 Å². The highest BCUT2D eigenvalue weighted by atomic mass is 28.4.